The van der Waals surface area contributed by atoms with Crippen molar-refractivity contribution in [3.05, 3.63) is 65.7 Å². The van der Waals surface area contributed by atoms with Crippen LogP contribution in [0.25, 0.3) is 6.08 Å². The smallest absolute Gasteiger partial charge is 0.325 e. The van der Waals surface area contributed by atoms with E-state index in [0.717, 1.165) is 0 Å². The summed E-state index contributed by atoms with van der Waals surface area (Å²) in [4.78, 5) is 35.3. The van der Waals surface area contributed by atoms with Crippen molar-refractivity contribution in [3.8, 4) is 0 Å². The molecule has 1 unspecified atom stereocenters. The number of carboxylic acid groups (broad SMARTS) is 1. The summed E-state index contributed by atoms with van der Waals surface area (Å²) in [5.41, 5.74) is 0.584. The van der Waals surface area contributed by atoms with Crippen molar-refractivity contribution in [1.29, 1.82) is 0 Å². The maximum Gasteiger partial charge on any atom is 0.325 e. The summed E-state index contributed by atoms with van der Waals surface area (Å²) in [6, 6.07) is 10.7. The first-order valence-electron chi connectivity index (χ1n) is 7.12. The van der Waals surface area contributed by atoms with Gasteiger partial charge in [0.1, 0.15) is 11.7 Å². The number of hydrogen-bond donors (Lipinski definition) is 3. The van der Waals surface area contributed by atoms with Gasteiger partial charge in [-0.2, -0.15) is 0 Å². The lowest BCUT2D eigenvalue weighted by atomic mass is 10.2. The number of amides is 2. The molecule has 1 aromatic heterocycles. The maximum absolute atomic E-state index is 12.3. The van der Waals surface area contributed by atoms with Gasteiger partial charge in [0.05, 0.1) is 6.26 Å². The molecular weight excluding hydrogens is 312 g/mol. The standard InChI is InChI=1S/C17H16N2O5/c1-11(17(22)23)18-15(20)13(10-12-6-3-2-4-7-12)19-16(21)14-8-5-9-24-14/h2-11H,1H3,(H,18,20)(H,19,21)(H,22,23)/b13-10+. The van der Waals surface area contributed by atoms with Crippen LogP contribution in [0.1, 0.15) is 23.0 Å². The summed E-state index contributed by atoms with van der Waals surface area (Å²) in [5, 5.41) is 13.6. The molecule has 2 aromatic rings. The second kappa shape index (κ2) is 7.77. The average Bonchev–Trinajstić information content (AvgIpc) is 3.09. The van der Waals surface area contributed by atoms with E-state index in [-0.39, 0.29) is 11.5 Å². The molecule has 0 aliphatic heterocycles. The molecule has 0 aliphatic rings. The molecule has 1 atom stereocenters. The van der Waals surface area contributed by atoms with Crippen molar-refractivity contribution in [2.24, 2.45) is 0 Å². The Kier molecular flexibility index (Phi) is 5.51. The maximum atomic E-state index is 12.3. The molecule has 0 aliphatic carbocycles. The summed E-state index contributed by atoms with van der Waals surface area (Å²) >= 11 is 0. The zero-order valence-corrected chi connectivity index (χ0v) is 12.9. The van der Waals surface area contributed by atoms with Crippen LogP contribution in [0.4, 0.5) is 0 Å². The highest BCUT2D eigenvalue weighted by molar-refractivity contribution is 6.05. The predicted molar refractivity (Wildman–Crippen MR) is 85.8 cm³/mol. The van der Waals surface area contributed by atoms with E-state index in [1.165, 1.54) is 25.3 Å². The molecule has 1 heterocycles. The van der Waals surface area contributed by atoms with Gasteiger partial charge in [0.2, 0.25) is 0 Å². The Morgan fingerprint density at radius 3 is 2.42 bits per heavy atom. The highest BCUT2D eigenvalue weighted by atomic mass is 16.4. The monoisotopic (exact) mass is 328 g/mol. The molecule has 24 heavy (non-hydrogen) atoms. The number of benzene rings is 1. The fourth-order valence-electron chi connectivity index (χ4n) is 1.80. The van der Waals surface area contributed by atoms with E-state index in [9.17, 15) is 14.4 Å². The minimum atomic E-state index is -1.18. The van der Waals surface area contributed by atoms with E-state index in [1.54, 1.807) is 30.3 Å². The largest absolute Gasteiger partial charge is 0.480 e. The van der Waals surface area contributed by atoms with Crippen LogP contribution in [-0.2, 0) is 9.59 Å². The van der Waals surface area contributed by atoms with Crippen LogP contribution in [-0.4, -0.2) is 28.9 Å². The Balaban J connectivity index is 2.24. The lowest BCUT2D eigenvalue weighted by molar-refractivity contribution is -0.140. The molecule has 0 fully saturated rings. The fourth-order valence-corrected chi connectivity index (χ4v) is 1.80. The van der Waals surface area contributed by atoms with Gasteiger partial charge >= 0.3 is 5.97 Å². The summed E-state index contributed by atoms with van der Waals surface area (Å²) in [6.07, 6.45) is 2.78. The average molecular weight is 328 g/mol. The molecular formula is C17H16N2O5. The number of aliphatic carboxylic acids is 1. The van der Waals surface area contributed by atoms with Gasteiger partial charge in [-0.1, -0.05) is 30.3 Å². The number of furan rings is 1. The lowest BCUT2D eigenvalue weighted by Crippen LogP contribution is -2.42. The third-order valence-corrected chi connectivity index (χ3v) is 3.07. The predicted octanol–water partition coefficient (Wildman–Crippen LogP) is 1.64. The number of carbonyl (C=O) groups is 3. The van der Waals surface area contributed by atoms with Crippen molar-refractivity contribution in [1.82, 2.24) is 10.6 Å². The molecule has 7 heteroatoms. The van der Waals surface area contributed by atoms with Gasteiger partial charge in [-0.25, -0.2) is 0 Å². The molecule has 124 valence electrons. The van der Waals surface area contributed by atoms with Crippen molar-refractivity contribution < 1.29 is 23.9 Å². The van der Waals surface area contributed by atoms with E-state index in [0.29, 0.717) is 5.56 Å². The molecule has 0 radical (unpaired) electrons. The van der Waals surface area contributed by atoms with Crippen LogP contribution in [0.5, 0.6) is 0 Å². The molecule has 0 bridgehead atoms. The van der Waals surface area contributed by atoms with E-state index >= 15 is 0 Å². The molecule has 2 amide bonds. The number of carboxylic acids is 1. The normalized spacial score (nSPS) is 12.3. The molecule has 2 rings (SSSR count). The van der Waals surface area contributed by atoms with Crippen LogP contribution in [0.15, 0.2) is 58.8 Å². The van der Waals surface area contributed by atoms with E-state index < -0.39 is 23.8 Å². The quantitative estimate of drug-likeness (QED) is 0.699. The second-order valence-electron chi connectivity index (χ2n) is 4.93. The van der Waals surface area contributed by atoms with Crippen molar-refractivity contribution in [3.63, 3.8) is 0 Å². The van der Waals surface area contributed by atoms with Gasteiger partial charge in [-0.15, -0.1) is 0 Å². The highest BCUT2D eigenvalue weighted by Crippen LogP contribution is 2.07. The van der Waals surface area contributed by atoms with Crippen molar-refractivity contribution >= 4 is 23.9 Å². The van der Waals surface area contributed by atoms with Gasteiger partial charge in [0, 0.05) is 0 Å². The van der Waals surface area contributed by atoms with E-state index in [1.807, 2.05) is 6.07 Å². The first kappa shape index (κ1) is 17.0. The first-order valence-corrected chi connectivity index (χ1v) is 7.12. The van der Waals surface area contributed by atoms with Gasteiger partial charge in [-0.3, -0.25) is 14.4 Å². The molecule has 0 saturated heterocycles. The van der Waals surface area contributed by atoms with Crippen molar-refractivity contribution in [2.45, 2.75) is 13.0 Å². The molecule has 0 spiro atoms. The highest BCUT2D eigenvalue weighted by Gasteiger charge is 2.20. The molecule has 1 aromatic carbocycles. The Bertz CT molecular complexity index is 751. The van der Waals surface area contributed by atoms with Gasteiger partial charge in [-0.05, 0) is 30.7 Å². The Labute approximate surface area is 138 Å². The Morgan fingerprint density at radius 2 is 1.83 bits per heavy atom. The van der Waals surface area contributed by atoms with E-state index in [2.05, 4.69) is 10.6 Å². The minimum absolute atomic E-state index is 0.0352. The van der Waals surface area contributed by atoms with Crippen LogP contribution < -0.4 is 10.6 Å². The topological polar surface area (TPSA) is 109 Å². The van der Waals surface area contributed by atoms with Crippen LogP contribution in [0, 0.1) is 0 Å². The molecule has 0 saturated carbocycles. The first-order chi connectivity index (χ1) is 11.5. The van der Waals surface area contributed by atoms with Gasteiger partial charge in [0.15, 0.2) is 5.76 Å². The second-order valence-corrected chi connectivity index (χ2v) is 4.93. The van der Waals surface area contributed by atoms with Crippen LogP contribution >= 0.6 is 0 Å². The van der Waals surface area contributed by atoms with E-state index in [4.69, 9.17) is 9.52 Å². The third-order valence-electron chi connectivity index (χ3n) is 3.07. The summed E-state index contributed by atoms with van der Waals surface area (Å²) in [7, 11) is 0. The zero-order valence-electron chi connectivity index (χ0n) is 12.9. The summed E-state index contributed by atoms with van der Waals surface area (Å²) < 4.78 is 4.98. The SMILES string of the molecule is CC(NC(=O)/C(=C\c1ccccc1)NC(=O)c1ccco1)C(=O)O. The molecule has 3 N–H and O–H groups in total. The Hall–Kier alpha value is -3.35. The Morgan fingerprint density at radius 1 is 1.12 bits per heavy atom. The number of nitrogens with one attached hydrogen (secondary N) is 2. The molecule has 7 nitrogen and oxygen atoms in total. The number of rotatable bonds is 6. The zero-order chi connectivity index (χ0) is 17.5. The fraction of sp³-hybridized carbons (Fsp3) is 0.118. The number of hydrogen-bond acceptors (Lipinski definition) is 4. The van der Waals surface area contributed by atoms with Crippen LogP contribution in [0.2, 0.25) is 0 Å². The minimum Gasteiger partial charge on any atom is -0.480 e. The summed E-state index contributed by atoms with van der Waals surface area (Å²) in [6.45, 7) is 1.33. The van der Waals surface area contributed by atoms with Gasteiger partial charge in [0.25, 0.3) is 11.8 Å². The summed E-state index contributed by atoms with van der Waals surface area (Å²) in [5.74, 6) is -2.47. The third kappa shape index (κ3) is 4.57. The number of carbonyl (C=O) groups excluding carboxylic acids is 2. The van der Waals surface area contributed by atoms with Gasteiger partial charge < -0.3 is 20.2 Å². The van der Waals surface area contributed by atoms with Crippen LogP contribution in [0.3, 0.4) is 0 Å². The van der Waals surface area contributed by atoms with Crippen molar-refractivity contribution in [2.75, 3.05) is 0 Å². The lowest BCUT2D eigenvalue weighted by Gasteiger charge is -2.13.